The smallest absolute Gasteiger partial charge is 0.309 e. The van der Waals surface area contributed by atoms with Gasteiger partial charge < -0.3 is 14.7 Å². The first kappa shape index (κ1) is 28.6. The van der Waals surface area contributed by atoms with Crippen LogP contribution in [0.2, 0.25) is 0 Å². The summed E-state index contributed by atoms with van der Waals surface area (Å²) in [6.45, 7) is 1.33. The Morgan fingerprint density at radius 1 is 1.22 bits per heavy atom. The Morgan fingerprint density at radius 2 is 1.84 bits per heavy atom. The SMILES string of the molecule is C[C@H](COc1cc2c(cc1C(F)F)N(c1ccc(F)cc1)C[C@@H](CCC(C)(F)F)N(C)S2(=O)=O)C(=O)O. The lowest BCUT2D eigenvalue weighted by Gasteiger charge is -2.30. The van der Waals surface area contributed by atoms with E-state index in [2.05, 4.69) is 0 Å². The van der Waals surface area contributed by atoms with Crippen LogP contribution in [0.5, 0.6) is 5.75 Å². The molecule has 2 atom stereocenters. The summed E-state index contributed by atoms with van der Waals surface area (Å²) in [5.74, 6) is -6.49. The van der Waals surface area contributed by atoms with Gasteiger partial charge >= 0.3 is 5.97 Å². The lowest BCUT2D eigenvalue weighted by Crippen LogP contribution is -2.41. The molecule has 1 aliphatic rings. The predicted octanol–water partition coefficient (Wildman–Crippen LogP) is 5.44. The lowest BCUT2D eigenvalue weighted by atomic mass is 10.1. The molecule has 2 aromatic carbocycles. The largest absolute Gasteiger partial charge is 0.492 e. The quantitative estimate of drug-likeness (QED) is 0.419. The number of hydrogen-bond donors (Lipinski definition) is 1. The van der Waals surface area contributed by atoms with Gasteiger partial charge in [-0.3, -0.25) is 4.79 Å². The van der Waals surface area contributed by atoms with E-state index >= 15 is 0 Å². The average Bonchev–Trinajstić information content (AvgIpc) is 2.88. The molecular weight excluding hydrogens is 523 g/mol. The number of halogens is 5. The zero-order chi connectivity index (χ0) is 27.7. The van der Waals surface area contributed by atoms with E-state index in [4.69, 9.17) is 9.84 Å². The summed E-state index contributed by atoms with van der Waals surface area (Å²) in [5.41, 5.74) is -0.590. The van der Waals surface area contributed by atoms with Gasteiger partial charge in [0.15, 0.2) is 0 Å². The molecule has 0 unspecified atom stereocenters. The number of benzene rings is 2. The van der Waals surface area contributed by atoms with Gasteiger partial charge in [-0.2, -0.15) is 4.31 Å². The number of hydrogen-bond acceptors (Lipinski definition) is 5. The van der Waals surface area contributed by atoms with Gasteiger partial charge in [0.2, 0.25) is 15.9 Å². The van der Waals surface area contributed by atoms with Gasteiger partial charge in [0.1, 0.15) is 23.1 Å². The van der Waals surface area contributed by atoms with E-state index < -0.39 is 75.4 Å². The van der Waals surface area contributed by atoms with Crippen LogP contribution in [0.25, 0.3) is 0 Å². The molecule has 0 bridgehead atoms. The molecule has 3 rings (SSSR count). The average molecular weight is 551 g/mol. The number of nitrogens with zero attached hydrogens (tertiary/aromatic N) is 2. The maximum Gasteiger partial charge on any atom is 0.309 e. The minimum atomic E-state index is -4.41. The standard InChI is InChI=1S/C24H27F5N2O5S/c1-14(23(32)33)13-36-20-11-21-19(10-18(20)22(26)27)31(16-6-4-15(25)5-7-16)12-17(8-9-24(2,28)29)30(3)37(21,34)35/h4-7,10-11,14,17,22H,8-9,12-13H2,1-3H3,(H,32,33)/t14-,17-/m1/s1. The fraction of sp³-hybridized carbons (Fsp3) is 0.458. The maximum atomic E-state index is 14.1. The van der Waals surface area contributed by atoms with Crippen molar-refractivity contribution in [3.05, 3.63) is 47.8 Å². The number of anilines is 2. The van der Waals surface area contributed by atoms with E-state index in [0.29, 0.717) is 6.92 Å². The van der Waals surface area contributed by atoms with Crippen LogP contribution in [0.3, 0.4) is 0 Å². The van der Waals surface area contributed by atoms with Crippen molar-refractivity contribution in [1.29, 1.82) is 0 Å². The molecule has 7 nitrogen and oxygen atoms in total. The molecule has 1 aliphatic heterocycles. The van der Waals surface area contributed by atoms with E-state index in [-0.39, 0.29) is 24.3 Å². The van der Waals surface area contributed by atoms with Crippen molar-refractivity contribution in [3.63, 3.8) is 0 Å². The summed E-state index contributed by atoms with van der Waals surface area (Å²) >= 11 is 0. The molecule has 0 fully saturated rings. The number of likely N-dealkylation sites (N-methyl/N-ethyl adjacent to an activating group) is 1. The third-order valence-corrected chi connectivity index (χ3v) is 8.09. The van der Waals surface area contributed by atoms with Crippen LogP contribution in [0.1, 0.15) is 38.7 Å². The molecule has 204 valence electrons. The van der Waals surface area contributed by atoms with Gasteiger partial charge in [0, 0.05) is 37.8 Å². The van der Waals surface area contributed by atoms with Crippen LogP contribution in [0, 0.1) is 11.7 Å². The second-order valence-electron chi connectivity index (χ2n) is 9.08. The number of sulfonamides is 1. The molecule has 37 heavy (non-hydrogen) atoms. The number of alkyl halides is 4. The molecule has 0 spiro atoms. The summed E-state index contributed by atoms with van der Waals surface area (Å²) in [7, 11) is -3.20. The van der Waals surface area contributed by atoms with E-state index in [9.17, 15) is 35.2 Å². The number of carboxylic acids is 1. The van der Waals surface area contributed by atoms with Gasteiger partial charge in [0.05, 0.1) is 17.2 Å². The fourth-order valence-corrected chi connectivity index (χ4v) is 5.46. The van der Waals surface area contributed by atoms with Crippen molar-refractivity contribution in [2.75, 3.05) is 25.1 Å². The summed E-state index contributed by atoms with van der Waals surface area (Å²) in [5, 5.41) is 9.09. The molecule has 1 heterocycles. The van der Waals surface area contributed by atoms with Gasteiger partial charge in [-0.1, -0.05) is 0 Å². The highest BCUT2D eigenvalue weighted by atomic mass is 32.2. The summed E-state index contributed by atoms with van der Waals surface area (Å²) < 4.78 is 102. The highest BCUT2D eigenvalue weighted by Gasteiger charge is 2.39. The van der Waals surface area contributed by atoms with Crippen LogP contribution in [0.15, 0.2) is 41.3 Å². The normalized spacial score (nSPS) is 18.8. The molecule has 0 saturated carbocycles. The summed E-state index contributed by atoms with van der Waals surface area (Å²) in [6.07, 6.45) is -3.99. The monoisotopic (exact) mass is 550 g/mol. The number of carboxylic acid groups (broad SMARTS) is 1. The first-order valence-electron chi connectivity index (χ1n) is 11.3. The van der Waals surface area contributed by atoms with E-state index in [1.54, 1.807) is 0 Å². The minimum absolute atomic E-state index is 0.168. The Balaban J connectivity index is 2.20. The number of aliphatic carboxylic acids is 1. The highest BCUT2D eigenvalue weighted by Crippen LogP contribution is 2.44. The van der Waals surface area contributed by atoms with E-state index in [1.807, 2.05) is 0 Å². The molecule has 0 saturated heterocycles. The lowest BCUT2D eigenvalue weighted by molar-refractivity contribution is -0.142. The predicted molar refractivity (Wildman–Crippen MR) is 126 cm³/mol. The number of rotatable bonds is 9. The number of ether oxygens (including phenoxy) is 1. The van der Waals surface area contributed by atoms with Gasteiger partial charge in [-0.05, 0) is 50.6 Å². The third kappa shape index (κ3) is 6.50. The number of fused-ring (bicyclic) bond motifs is 1. The van der Waals surface area contributed by atoms with Gasteiger partial charge in [0.25, 0.3) is 6.43 Å². The topological polar surface area (TPSA) is 87.2 Å². The zero-order valence-electron chi connectivity index (χ0n) is 20.3. The fourth-order valence-electron chi connectivity index (χ4n) is 3.90. The Hall–Kier alpha value is -2.93. The Labute approximate surface area is 211 Å². The van der Waals surface area contributed by atoms with Crippen LogP contribution in [0.4, 0.5) is 33.3 Å². The minimum Gasteiger partial charge on any atom is -0.492 e. The van der Waals surface area contributed by atoms with E-state index in [0.717, 1.165) is 28.6 Å². The molecular formula is C24H27F5N2O5S. The first-order valence-corrected chi connectivity index (χ1v) is 12.8. The molecule has 0 aromatic heterocycles. The molecule has 0 radical (unpaired) electrons. The number of carbonyl (C=O) groups is 1. The molecule has 0 aliphatic carbocycles. The van der Waals surface area contributed by atoms with Crippen molar-refractivity contribution in [2.45, 2.75) is 50.0 Å². The van der Waals surface area contributed by atoms with Crippen LogP contribution in [-0.2, 0) is 14.8 Å². The van der Waals surface area contributed by atoms with Gasteiger partial charge in [-0.15, -0.1) is 0 Å². The zero-order valence-corrected chi connectivity index (χ0v) is 21.1. The Bertz CT molecular complexity index is 1240. The molecule has 0 amide bonds. The second-order valence-corrected chi connectivity index (χ2v) is 11.0. The van der Waals surface area contributed by atoms with Crippen molar-refractivity contribution in [3.8, 4) is 5.75 Å². The third-order valence-electron chi connectivity index (χ3n) is 6.15. The van der Waals surface area contributed by atoms with Crippen molar-refractivity contribution >= 4 is 27.4 Å². The van der Waals surface area contributed by atoms with Crippen molar-refractivity contribution in [1.82, 2.24) is 4.31 Å². The first-order chi connectivity index (χ1) is 17.1. The maximum absolute atomic E-state index is 14.1. The molecule has 2 aromatic rings. The van der Waals surface area contributed by atoms with Crippen LogP contribution < -0.4 is 9.64 Å². The second kappa shape index (κ2) is 10.8. The Morgan fingerprint density at radius 3 is 2.38 bits per heavy atom. The molecule has 1 N–H and O–H groups in total. The summed E-state index contributed by atoms with van der Waals surface area (Å²) in [4.78, 5) is 12.1. The van der Waals surface area contributed by atoms with E-state index in [1.165, 1.54) is 31.0 Å². The van der Waals surface area contributed by atoms with Crippen molar-refractivity contribution in [2.24, 2.45) is 5.92 Å². The van der Waals surface area contributed by atoms with Crippen molar-refractivity contribution < 1.29 is 45.0 Å². The summed E-state index contributed by atoms with van der Waals surface area (Å²) in [6, 6.07) is 5.68. The highest BCUT2D eigenvalue weighted by molar-refractivity contribution is 7.89. The van der Waals surface area contributed by atoms with Gasteiger partial charge in [-0.25, -0.2) is 30.4 Å². The Kier molecular flexibility index (Phi) is 8.37. The van der Waals surface area contributed by atoms with Crippen LogP contribution in [-0.4, -0.2) is 56.0 Å². The van der Waals surface area contributed by atoms with Crippen LogP contribution >= 0.6 is 0 Å². The molecule has 13 heteroatoms.